The number of hydrogen-bond donors (Lipinski definition) is 1. The van der Waals surface area contributed by atoms with Crippen LogP contribution in [0.3, 0.4) is 0 Å². The number of aromatic nitrogens is 1. The zero-order chi connectivity index (χ0) is 36.6. The van der Waals surface area contributed by atoms with Crippen LogP contribution in [0.1, 0.15) is 26.3 Å². The van der Waals surface area contributed by atoms with Gasteiger partial charge < -0.3 is 19.5 Å². The SMILES string of the molecule is COC(=O)c1cc(Oc2ccc(Cl)cc2Cl)ccc1[N+](=O)[O-].O=C(Nc1ccc(F)cc1F)c1cccnc1Oc1cccc(C(F)(F)F)c1. The zero-order valence-corrected chi connectivity index (χ0v) is 26.6. The number of nitrogens with zero attached hydrogens (tertiary/aromatic N) is 2. The number of ether oxygens (including phenoxy) is 3. The average Bonchev–Trinajstić information content (AvgIpc) is 3.07. The van der Waals surface area contributed by atoms with Crippen molar-refractivity contribution in [3.63, 3.8) is 0 Å². The van der Waals surface area contributed by atoms with Gasteiger partial charge in [0.2, 0.25) is 5.88 Å². The van der Waals surface area contributed by atoms with Crippen LogP contribution >= 0.6 is 23.2 Å². The van der Waals surface area contributed by atoms with Crippen molar-refractivity contribution in [1.29, 1.82) is 0 Å². The van der Waals surface area contributed by atoms with E-state index in [4.69, 9.17) is 32.7 Å². The molecule has 1 heterocycles. The molecular weight excluding hydrogens is 716 g/mol. The second kappa shape index (κ2) is 16.1. The Morgan fingerprint density at radius 2 is 1.60 bits per heavy atom. The van der Waals surface area contributed by atoms with Gasteiger partial charge in [-0.25, -0.2) is 18.6 Å². The third kappa shape index (κ3) is 9.64. The van der Waals surface area contributed by atoms with Gasteiger partial charge in [-0.15, -0.1) is 0 Å². The predicted octanol–water partition coefficient (Wildman–Crippen LogP) is 9.90. The summed E-state index contributed by atoms with van der Waals surface area (Å²) in [5.74, 6) is -3.42. The summed E-state index contributed by atoms with van der Waals surface area (Å²) in [6, 6.07) is 17.7. The fraction of sp³-hybridized carbons (Fsp3) is 0.0606. The van der Waals surface area contributed by atoms with E-state index in [1.54, 1.807) is 12.1 Å². The molecule has 0 aliphatic heterocycles. The van der Waals surface area contributed by atoms with Crippen LogP contribution in [0.2, 0.25) is 10.0 Å². The van der Waals surface area contributed by atoms with Gasteiger partial charge in [-0.1, -0.05) is 29.3 Å². The van der Waals surface area contributed by atoms with Crippen LogP contribution in [-0.2, 0) is 10.9 Å². The first-order valence-corrected chi connectivity index (χ1v) is 14.5. The number of rotatable bonds is 8. The Morgan fingerprint density at radius 3 is 2.26 bits per heavy atom. The maximum Gasteiger partial charge on any atom is 0.416 e. The lowest BCUT2D eigenvalue weighted by Gasteiger charge is -2.12. The molecule has 10 nitrogen and oxygen atoms in total. The van der Waals surface area contributed by atoms with Crippen molar-refractivity contribution in [2.24, 2.45) is 0 Å². The first kappa shape index (κ1) is 37.0. The van der Waals surface area contributed by atoms with Gasteiger partial charge in [0.05, 0.1) is 28.3 Å². The number of alkyl halides is 3. The second-order valence-electron chi connectivity index (χ2n) is 9.67. The first-order valence-electron chi connectivity index (χ1n) is 13.7. The van der Waals surface area contributed by atoms with Gasteiger partial charge in [0, 0.05) is 29.4 Å². The number of nitrogens with one attached hydrogen (secondary N) is 1. The molecule has 0 aliphatic rings. The molecule has 5 aromatic rings. The number of hydrogen-bond acceptors (Lipinski definition) is 8. The summed E-state index contributed by atoms with van der Waals surface area (Å²) in [6.45, 7) is 0. The number of amides is 1. The van der Waals surface area contributed by atoms with Crippen LogP contribution in [0.4, 0.5) is 33.3 Å². The molecule has 0 radical (unpaired) electrons. The lowest BCUT2D eigenvalue weighted by Crippen LogP contribution is -2.14. The molecule has 0 spiro atoms. The minimum absolute atomic E-state index is 0.149. The molecule has 1 aromatic heterocycles. The third-order valence-corrected chi connectivity index (χ3v) is 6.79. The highest BCUT2D eigenvalue weighted by Crippen LogP contribution is 2.35. The lowest BCUT2D eigenvalue weighted by molar-refractivity contribution is -0.385. The van der Waals surface area contributed by atoms with E-state index in [0.29, 0.717) is 16.8 Å². The molecule has 0 atom stereocenters. The second-order valence-corrected chi connectivity index (χ2v) is 10.5. The number of pyridine rings is 1. The summed E-state index contributed by atoms with van der Waals surface area (Å²) in [5.41, 5.74) is -1.94. The Kier molecular flexibility index (Phi) is 11.9. The number of benzene rings is 4. The van der Waals surface area contributed by atoms with Crippen LogP contribution in [0.25, 0.3) is 0 Å². The van der Waals surface area contributed by atoms with E-state index >= 15 is 0 Å². The zero-order valence-electron chi connectivity index (χ0n) is 25.1. The summed E-state index contributed by atoms with van der Waals surface area (Å²) in [4.78, 5) is 38.1. The largest absolute Gasteiger partial charge is 0.465 e. The quantitative estimate of drug-likeness (QED) is 0.0721. The highest BCUT2D eigenvalue weighted by molar-refractivity contribution is 6.35. The smallest absolute Gasteiger partial charge is 0.416 e. The molecule has 0 bridgehead atoms. The molecule has 0 fully saturated rings. The number of nitro benzene ring substituents is 1. The summed E-state index contributed by atoms with van der Waals surface area (Å²) in [6.07, 6.45) is -3.29. The topological polar surface area (TPSA) is 130 Å². The molecule has 17 heteroatoms. The van der Waals surface area contributed by atoms with E-state index in [9.17, 15) is 41.7 Å². The van der Waals surface area contributed by atoms with E-state index in [0.717, 1.165) is 43.5 Å². The van der Waals surface area contributed by atoms with Gasteiger partial charge in [0.25, 0.3) is 11.6 Å². The Bertz CT molecular complexity index is 2070. The Hall–Kier alpha value is -5.80. The molecule has 0 saturated carbocycles. The van der Waals surface area contributed by atoms with Gasteiger partial charge >= 0.3 is 12.1 Å². The van der Waals surface area contributed by atoms with Crippen molar-refractivity contribution < 1.29 is 50.7 Å². The third-order valence-electron chi connectivity index (χ3n) is 6.26. The number of carbonyl (C=O) groups is 2. The average molecular weight is 736 g/mol. The molecule has 5 rings (SSSR count). The van der Waals surface area contributed by atoms with Crippen LogP contribution in [-0.4, -0.2) is 28.9 Å². The normalized spacial score (nSPS) is 10.7. The summed E-state index contributed by atoms with van der Waals surface area (Å²) >= 11 is 11.8. The molecule has 1 amide bonds. The fourth-order valence-corrected chi connectivity index (χ4v) is 4.42. The van der Waals surface area contributed by atoms with Crippen molar-refractivity contribution in [2.75, 3.05) is 12.4 Å². The Labute approximate surface area is 289 Å². The Morgan fingerprint density at radius 1 is 0.860 bits per heavy atom. The first-order chi connectivity index (χ1) is 23.7. The van der Waals surface area contributed by atoms with Crippen molar-refractivity contribution in [2.45, 2.75) is 6.18 Å². The number of carbonyl (C=O) groups excluding carboxylic acids is 2. The fourth-order valence-electron chi connectivity index (χ4n) is 3.97. The molecule has 0 unspecified atom stereocenters. The molecular formula is C33H20Cl2F5N3O7. The number of halogens is 7. The standard InChI is InChI=1S/C19H11F5N2O2.C14H9Cl2NO5/c20-12-6-7-16(15(21)10-12)26-17(27)14-5-2-8-25-18(14)28-13-4-1-3-11(9-13)19(22,23)24;1-21-14(18)10-7-9(3-4-12(10)17(19)20)22-13-5-2-8(15)6-11(13)16/h1-10H,(H,26,27);2-7H,1H3. The maximum absolute atomic E-state index is 13.7. The van der Waals surface area contributed by atoms with E-state index in [1.807, 2.05) is 0 Å². The molecule has 258 valence electrons. The van der Waals surface area contributed by atoms with E-state index in [1.165, 1.54) is 42.6 Å². The van der Waals surface area contributed by atoms with E-state index < -0.39 is 40.2 Å². The van der Waals surface area contributed by atoms with Crippen molar-refractivity contribution in [1.82, 2.24) is 4.98 Å². The van der Waals surface area contributed by atoms with Crippen molar-refractivity contribution in [3.05, 3.63) is 146 Å². The lowest BCUT2D eigenvalue weighted by atomic mass is 10.1. The predicted molar refractivity (Wildman–Crippen MR) is 171 cm³/mol. The molecule has 50 heavy (non-hydrogen) atoms. The number of anilines is 1. The molecule has 0 aliphatic carbocycles. The summed E-state index contributed by atoms with van der Waals surface area (Å²) in [7, 11) is 1.13. The van der Waals surface area contributed by atoms with Gasteiger partial charge in [0.15, 0.2) is 0 Å². The number of esters is 1. The van der Waals surface area contributed by atoms with Crippen LogP contribution in [0, 0.1) is 21.7 Å². The van der Waals surface area contributed by atoms with Gasteiger partial charge in [-0.05, 0) is 66.7 Å². The molecule has 1 N–H and O–H groups in total. The summed E-state index contributed by atoms with van der Waals surface area (Å²) < 4.78 is 80.5. The highest BCUT2D eigenvalue weighted by Gasteiger charge is 2.31. The number of methoxy groups -OCH3 is 1. The summed E-state index contributed by atoms with van der Waals surface area (Å²) in [5, 5.41) is 13.9. The highest BCUT2D eigenvalue weighted by atomic mass is 35.5. The molecule has 4 aromatic carbocycles. The van der Waals surface area contributed by atoms with Crippen LogP contribution in [0.5, 0.6) is 23.1 Å². The minimum atomic E-state index is -4.57. The number of nitro groups is 1. The van der Waals surface area contributed by atoms with Gasteiger partial charge in [0.1, 0.15) is 40.0 Å². The van der Waals surface area contributed by atoms with Gasteiger partial charge in [-0.2, -0.15) is 13.2 Å². The van der Waals surface area contributed by atoms with Crippen molar-refractivity contribution >= 4 is 46.5 Å². The minimum Gasteiger partial charge on any atom is -0.465 e. The van der Waals surface area contributed by atoms with Gasteiger partial charge in [-0.3, -0.25) is 14.9 Å². The van der Waals surface area contributed by atoms with Crippen LogP contribution in [0.15, 0.2) is 97.2 Å². The molecule has 0 saturated heterocycles. The maximum atomic E-state index is 13.7. The van der Waals surface area contributed by atoms with E-state index in [-0.39, 0.29) is 44.9 Å². The van der Waals surface area contributed by atoms with E-state index in [2.05, 4.69) is 15.0 Å². The monoisotopic (exact) mass is 735 g/mol. The Balaban J connectivity index is 0.000000232. The van der Waals surface area contributed by atoms with Crippen LogP contribution < -0.4 is 14.8 Å². The van der Waals surface area contributed by atoms with Crippen molar-refractivity contribution in [3.8, 4) is 23.1 Å².